The van der Waals surface area contributed by atoms with Gasteiger partial charge in [0.2, 0.25) is 0 Å². The van der Waals surface area contributed by atoms with E-state index in [0.717, 1.165) is 6.42 Å². The van der Waals surface area contributed by atoms with E-state index in [1.54, 1.807) is 0 Å². The summed E-state index contributed by atoms with van der Waals surface area (Å²) in [7, 11) is 0. The van der Waals surface area contributed by atoms with E-state index in [9.17, 15) is 0 Å². The SMILES string of the molecule is C=CCC1=C(c2ccccc2C)c2ccccc2C=CC1C. The van der Waals surface area contributed by atoms with Gasteiger partial charge < -0.3 is 0 Å². The predicted molar refractivity (Wildman–Crippen MR) is 96.7 cm³/mol. The number of allylic oxidation sites excluding steroid dienone is 3. The summed E-state index contributed by atoms with van der Waals surface area (Å²) in [5.74, 6) is 0.417. The van der Waals surface area contributed by atoms with Crippen molar-refractivity contribution < 1.29 is 0 Å². The predicted octanol–water partition coefficient (Wildman–Crippen LogP) is 6.04. The van der Waals surface area contributed by atoms with Crippen LogP contribution in [0.15, 0.2) is 72.8 Å². The molecule has 0 aromatic heterocycles. The Kier molecular flexibility index (Phi) is 4.11. The monoisotopic (exact) mass is 286 g/mol. The molecule has 0 amide bonds. The topological polar surface area (TPSA) is 0 Å². The van der Waals surface area contributed by atoms with E-state index in [1.807, 2.05) is 6.08 Å². The van der Waals surface area contributed by atoms with Gasteiger partial charge in [-0.05, 0) is 47.1 Å². The maximum absolute atomic E-state index is 3.97. The molecule has 0 heterocycles. The Morgan fingerprint density at radius 2 is 1.68 bits per heavy atom. The molecule has 0 saturated heterocycles. The molecule has 0 heteroatoms. The fraction of sp³-hybridized carbons (Fsp3) is 0.182. The molecule has 1 atom stereocenters. The molecule has 0 fully saturated rings. The van der Waals surface area contributed by atoms with E-state index in [2.05, 4.69) is 81.1 Å². The number of aryl methyl sites for hydroxylation is 1. The first-order valence-electron chi connectivity index (χ1n) is 7.90. The quantitative estimate of drug-likeness (QED) is 0.604. The van der Waals surface area contributed by atoms with Crippen molar-refractivity contribution in [1.82, 2.24) is 0 Å². The highest BCUT2D eigenvalue weighted by Crippen LogP contribution is 2.38. The molecule has 0 nitrogen and oxygen atoms in total. The van der Waals surface area contributed by atoms with Crippen molar-refractivity contribution in [1.29, 1.82) is 0 Å². The van der Waals surface area contributed by atoms with Gasteiger partial charge in [0.25, 0.3) is 0 Å². The Morgan fingerprint density at radius 3 is 2.41 bits per heavy atom. The average molecular weight is 286 g/mol. The molecule has 1 aliphatic carbocycles. The van der Waals surface area contributed by atoms with Crippen LogP contribution in [0, 0.1) is 12.8 Å². The lowest BCUT2D eigenvalue weighted by atomic mass is 9.84. The summed E-state index contributed by atoms with van der Waals surface area (Å²) in [6.07, 6.45) is 7.51. The molecule has 22 heavy (non-hydrogen) atoms. The van der Waals surface area contributed by atoms with Crippen molar-refractivity contribution in [3.8, 4) is 0 Å². The highest BCUT2D eigenvalue weighted by molar-refractivity contribution is 5.89. The van der Waals surface area contributed by atoms with Gasteiger partial charge in [-0.15, -0.1) is 6.58 Å². The first-order chi connectivity index (χ1) is 10.7. The summed E-state index contributed by atoms with van der Waals surface area (Å²) in [5, 5.41) is 0. The van der Waals surface area contributed by atoms with E-state index >= 15 is 0 Å². The highest BCUT2D eigenvalue weighted by Gasteiger charge is 2.20. The molecule has 2 aromatic rings. The minimum atomic E-state index is 0.417. The van der Waals surface area contributed by atoms with Crippen LogP contribution in [0.1, 0.15) is 35.6 Å². The third-order valence-corrected chi connectivity index (χ3v) is 4.44. The van der Waals surface area contributed by atoms with Crippen molar-refractivity contribution in [2.75, 3.05) is 0 Å². The van der Waals surface area contributed by atoms with Crippen LogP contribution >= 0.6 is 0 Å². The van der Waals surface area contributed by atoms with E-state index in [4.69, 9.17) is 0 Å². The highest BCUT2D eigenvalue weighted by atomic mass is 14.2. The molecule has 1 aliphatic rings. The first kappa shape index (κ1) is 14.6. The zero-order valence-corrected chi connectivity index (χ0v) is 13.3. The maximum atomic E-state index is 3.97. The molecule has 1 unspecified atom stereocenters. The standard InChI is InChI=1S/C22H22/c1-4-9-19-17(3)14-15-18-11-6-8-13-21(18)22(19)20-12-7-5-10-16(20)2/h4-8,10-15,17H,1,9H2,2-3H3. The minimum absolute atomic E-state index is 0.417. The molecule has 110 valence electrons. The fourth-order valence-corrected chi connectivity index (χ4v) is 3.25. The average Bonchev–Trinajstić information content (AvgIpc) is 2.67. The van der Waals surface area contributed by atoms with Crippen molar-refractivity contribution in [3.63, 3.8) is 0 Å². The summed E-state index contributed by atoms with van der Waals surface area (Å²) >= 11 is 0. The largest absolute Gasteiger partial charge is 0.103 e. The third kappa shape index (κ3) is 2.57. The fourth-order valence-electron chi connectivity index (χ4n) is 3.25. The van der Waals surface area contributed by atoms with E-state index < -0.39 is 0 Å². The lowest BCUT2D eigenvalue weighted by molar-refractivity contribution is 0.842. The number of fused-ring (bicyclic) bond motifs is 1. The summed E-state index contributed by atoms with van der Waals surface area (Å²) in [6, 6.07) is 17.4. The Labute approximate surface area is 133 Å². The van der Waals surface area contributed by atoms with Gasteiger partial charge in [0.05, 0.1) is 0 Å². The Morgan fingerprint density at radius 1 is 1.00 bits per heavy atom. The molecule has 0 N–H and O–H groups in total. The molecule has 0 radical (unpaired) electrons. The van der Waals surface area contributed by atoms with Gasteiger partial charge in [0.1, 0.15) is 0 Å². The third-order valence-electron chi connectivity index (χ3n) is 4.44. The van der Waals surface area contributed by atoms with Gasteiger partial charge in [-0.1, -0.05) is 79.3 Å². The Bertz CT molecular complexity index is 759. The summed E-state index contributed by atoms with van der Waals surface area (Å²) in [4.78, 5) is 0. The molecular formula is C22H22. The van der Waals surface area contributed by atoms with Crippen LogP contribution in [0.4, 0.5) is 0 Å². The van der Waals surface area contributed by atoms with Gasteiger partial charge >= 0.3 is 0 Å². The van der Waals surface area contributed by atoms with Crippen LogP contribution in [0.5, 0.6) is 0 Å². The van der Waals surface area contributed by atoms with Crippen molar-refractivity contribution in [3.05, 3.63) is 95.1 Å². The van der Waals surface area contributed by atoms with Crippen LogP contribution in [-0.4, -0.2) is 0 Å². The van der Waals surface area contributed by atoms with Gasteiger partial charge in [-0.2, -0.15) is 0 Å². The zero-order valence-electron chi connectivity index (χ0n) is 13.3. The van der Waals surface area contributed by atoms with Gasteiger partial charge in [-0.25, -0.2) is 0 Å². The molecule has 2 aromatic carbocycles. The summed E-state index contributed by atoms with van der Waals surface area (Å²) in [6.45, 7) is 8.44. The lowest BCUT2D eigenvalue weighted by Gasteiger charge is -2.19. The molecular weight excluding hydrogens is 264 g/mol. The second-order valence-electron chi connectivity index (χ2n) is 5.94. The Balaban J connectivity index is 2.35. The van der Waals surface area contributed by atoms with Crippen molar-refractivity contribution in [2.24, 2.45) is 5.92 Å². The number of hydrogen-bond acceptors (Lipinski definition) is 0. The number of hydrogen-bond donors (Lipinski definition) is 0. The molecule has 3 rings (SSSR count). The minimum Gasteiger partial charge on any atom is -0.103 e. The normalized spacial score (nSPS) is 17.1. The number of benzene rings is 2. The van der Waals surface area contributed by atoms with E-state index in [1.165, 1.54) is 33.4 Å². The van der Waals surface area contributed by atoms with Gasteiger partial charge in [0.15, 0.2) is 0 Å². The number of rotatable bonds is 3. The molecule has 0 spiro atoms. The van der Waals surface area contributed by atoms with Gasteiger partial charge in [0, 0.05) is 0 Å². The van der Waals surface area contributed by atoms with Crippen molar-refractivity contribution >= 4 is 11.6 Å². The van der Waals surface area contributed by atoms with Crippen LogP contribution < -0.4 is 0 Å². The summed E-state index contributed by atoms with van der Waals surface area (Å²) < 4.78 is 0. The van der Waals surface area contributed by atoms with Crippen molar-refractivity contribution in [2.45, 2.75) is 20.3 Å². The zero-order chi connectivity index (χ0) is 15.5. The molecule has 0 bridgehead atoms. The van der Waals surface area contributed by atoms with E-state index in [0.29, 0.717) is 5.92 Å². The second-order valence-corrected chi connectivity index (χ2v) is 5.94. The van der Waals surface area contributed by atoms with Crippen LogP contribution in [0.3, 0.4) is 0 Å². The summed E-state index contributed by atoms with van der Waals surface area (Å²) in [5.41, 5.74) is 8.11. The lowest BCUT2D eigenvalue weighted by Crippen LogP contribution is -2.02. The van der Waals surface area contributed by atoms with Gasteiger partial charge in [-0.3, -0.25) is 0 Å². The van der Waals surface area contributed by atoms with Crippen LogP contribution in [0.25, 0.3) is 11.6 Å². The smallest absolute Gasteiger partial charge is 0.00358 e. The maximum Gasteiger partial charge on any atom is -0.00358 e. The second kappa shape index (κ2) is 6.19. The molecule has 0 aliphatic heterocycles. The Hall–Kier alpha value is -2.34. The van der Waals surface area contributed by atoms with Crippen LogP contribution in [0.2, 0.25) is 0 Å². The first-order valence-corrected chi connectivity index (χ1v) is 7.90. The molecule has 0 saturated carbocycles. The van der Waals surface area contributed by atoms with E-state index in [-0.39, 0.29) is 0 Å². The van der Waals surface area contributed by atoms with Crippen LogP contribution in [-0.2, 0) is 0 Å².